The molecular weight excluding hydrogens is 272 g/mol. The largest absolute Gasteiger partial charge is 0.394 e. The molecule has 0 aromatic carbocycles. The molecule has 0 aromatic heterocycles. The Morgan fingerprint density at radius 1 is 1.11 bits per heavy atom. The van der Waals surface area contributed by atoms with Crippen LogP contribution < -0.4 is 0 Å². The first-order valence-corrected chi connectivity index (χ1v) is 14.6. The molecule has 0 radical (unpaired) electrons. The summed E-state index contributed by atoms with van der Waals surface area (Å²) in [6.07, 6.45) is 1.05. The van der Waals surface area contributed by atoms with Gasteiger partial charge in [-0.25, -0.2) is 0 Å². The predicted molar refractivity (Wildman–Crippen MR) is 88.2 cm³/mol. The lowest BCUT2D eigenvalue weighted by Gasteiger charge is -2.47. The zero-order valence-electron chi connectivity index (χ0n) is 13.9. The van der Waals surface area contributed by atoms with Crippen molar-refractivity contribution in [3.63, 3.8) is 0 Å². The molecule has 2 unspecified atom stereocenters. The second kappa shape index (κ2) is 7.36. The van der Waals surface area contributed by atoms with Crippen molar-refractivity contribution in [2.75, 3.05) is 13.2 Å². The summed E-state index contributed by atoms with van der Waals surface area (Å²) in [7, 11) is -2.96. The maximum absolute atomic E-state index is 10.4. The minimum Gasteiger partial charge on any atom is -0.394 e. The van der Waals surface area contributed by atoms with Crippen molar-refractivity contribution in [2.24, 2.45) is 0 Å². The van der Waals surface area contributed by atoms with Crippen molar-refractivity contribution in [3.05, 3.63) is 0 Å². The fourth-order valence-corrected chi connectivity index (χ4v) is 6.29. The SMILES string of the molecule is CCCOC(CC[Si](C)(C)C)(C(O)CO)[Si](C)(C)C. The summed E-state index contributed by atoms with van der Waals surface area (Å²) in [5, 5.41) is 19.4. The molecule has 3 nitrogen and oxygen atoms in total. The average Bonchev–Trinajstić information content (AvgIpc) is 2.25. The van der Waals surface area contributed by atoms with Crippen LogP contribution in [-0.4, -0.2) is 50.9 Å². The Bertz CT molecular complexity index is 258. The fraction of sp³-hybridized carbons (Fsp3) is 1.00. The van der Waals surface area contributed by atoms with E-state index in [9.17, 15) is 10.2 Å². The summed E-state index contributed by atoms with van der Waals surface area (Å²) in [6.45, 7) is 16.2. The third-order valence-corrected chi connectivity index (χ3v) is 8.81. The van der Waals surface area contributed by atoms with Crippen LogP contribution in [0.2, 0.25) is 45.3 Å². The van der Waals surface area contributed by atoms with E-state index in [1.807, 2.05) is 0 Å². The number of aliphatic hydroxyl groups excluding tert-OH is 2. The lowest BCUT2D eigenvalue weighted by atomic mass is 10.1. The number of ether oxygens (including phenoxy) is 1. The van der Waals surface area contributed by atoms with Crippen molar-refractivity contribution < 1.29 is 14.9 Å². The van der Waals surface area contributed by atoms with Gasteiger partial charge in [0.05, 0.1) is 19.9 Å². The van der Waals surface area contributed by atoms with Gasteiger partial charge in [0, 0.05) is 14.7 Å². The minimum atomic E-state index is -1.77. The van der Waals surface area contributed by atoms with Gasteiger partial charge < -0.3 is 14.9 Å². The molecule has 0 aliphatic rings. The Kier molecular flexibility index (Phi) is 7.48. The number of hydrogen-bond donors (Lipinski definition) is 2. The molecule has 0 amide bonds. The quantitative estimate of drug-likeness (QED) is 0.644. The van der Waals surface area contributed by atoms with Crippen molar-refractivity contribution in [1.29, 1.82) is 0 Å². The van der Waals surface area contributed by atoms with Gasteiger partial charge in [-0.05, 0) is 12.8 Å². The first-order valence-electron chi connectivity index (χ1n) is 7.43. The smallest absolute Gasteiger partial charge is 0.103 e. The van der Waals surface area contributed by atoms with E-state index in [-0.39, 0.29) is 6.61 Å². The summed E-state index contributed by atoms with van der Waals surface area (Å²) in [6, 6.07) is 1.12. The van der Waals surface area contributed by atoms with Crippen molar-refractivity contribution in [3.8, 4) is 0 Å². The lowest BCUT2D eigenvalue weighted by Crippen LogP contribution is -2.63. The summed E-state index contributed by atoms with van der Waals surface area (Å²) in [5.41, 5.74) is 0. The predicted octanol–water partition coefficient (Wildman–Crippen LogP) is 3.11. The Hall–Kier alpha value is 0.314. The van der Waals surface area contributed by atoms with E-state index in [1.54, 1.807) is 0 Å². The molecule has 0 spiro atoms. The van der Waals surface area contributed by atoms with Crippen molar-refractivity contribution in [2.45, 2.75) is 76.4 Å². The van der Waals surface area contributed by atoms with Crippen LogP contribution in [0.4, 0.5) is 0 Å². The van der Waals surface area contributed by atoms with Crippen LogP contribution in [0.25, 0.3) is 0 Å². The topological polar surface area (TPSA) is 49.7 Å². The summed E-state index contributed by atoms with van der Waals surface area (Å²) < 4.78 is 6.17. The van der Waals surface area contributed by atoms with Gasteiger partial charge in [-0.3, -0.25) is 0 Å². The van der Waals surface area contributed by atoms with E-state index in [2.05, 4.69) is 46.2 Å². The first kappa shape index (κ1) is 19.3. The van der Waals surface area contributed by atoms with Crippen molar-refractivity contribution >= 4 is 16.1 Å². The fourth-order valence-electron chi connectivity index (χ4n) is 2.42. The van der Waals surface area contributed by atoms with Crippen LogP contribution in [0.15, 0.2) is 0 Å². The van der Waals surface area contributed by atoms with E-state index in [0.717, 1.165) is 18.9 Å². The molecule has 2 N–H and O–H groups in total. The molecule has 5 heteroatoms. The molecule has 0 aromatic rings. The molecule has 0 rings (SSSR count). The van der Waals surface area contributed by atoms with Crippen LogP contribution in [0.1, 0.15) is 19.8 Å². The molecule has 0 saturated carbocycles. The lowest BCUT2D eigenvalue weighted by molar-refractivity contribution is -0.0945. The zero-order chi connectivity index (χ0) is 15.3. The molecule has 0 heterocycles. The molecule has 116 valence electrons. The van der Waals surface area contributed by atoms with Gasteiger partial charge in [-0.15, -0.1) is 0 Å². The Balaban J connectivity index is 5.25. The number of rotatable bonds is 9. The maximum Gasteiger partial charge on any atom is 0.103 e. The highest BCUT2D eigenvalue weighted by Gasteiger charge is 2.49. The van der Waals surface area contributed by atoms with E-state index in [0.29, 0.717) is 6.61 Å². The van der Waals surface area contributed by atoms with Crippen LogP contribution in [0, 0.1) is 0 Å². The minimum absolute atomic E-state index is 0.209. The normalized spacial score (nSPS) is 18.2. The molecule has 0 aliphatic heterocycles. The highest BCUT2D eigenvalue weighted by Crippen LogP contribution is 2.35. The monoisotopic (exact) mass is 306 g/mol. The Labute approximate surface area is 121 Å². The van der Waals surface area contributed by atoms with Crippen LogP contribution >= 0.6 is 0 Å². The van der Waals surface area contributed by atoms with E-state index in [1.165, 1.54) is 0 Å². The molecule has 0 fully saturated rings. The molecule has 0 saturated heterocycles. The van der Waals surface area contributed by atoms with E-state index < -0.39 is 27.5 Å². The highest BCUT2D eigenvalue weighted by atomic mass is 28.3. The van der Waals surface area contributed by atoms with Crippen LogP contribution in [0.3, 0.4) is 0 Å². The van der Waals surface area contributed by atoms with Gasteiger partial charge in [0.1, 0.15) is 6.10 Å². The van der Waals surface area contributed by atoms with Gasteiger partial charge in [0.25, 0.3) is 0 Å². The third kappa shape index (κ3) is 5.67. The molecule has 2 atom stereocenters. The van der Waals surface area contributed by atoms with Gasteiger partial charge in [-0.1, -0.05) is 52.2 Å². The van der Waals surface area contributed by atoms with Crippen molar-refractivity contribution in [1.82, 2.24) is 0 Å². The number of aliphatic hydroxyl groups is 2. The van der Waals surface area contributed by atoms with Gasteiger partial charge >= 0.3 is 0 Å². The summed E-state index contributed by atoms with van der Waals surface area (Å²) in [4.78, 5) is 0. The molecule has 0 aliphatic carbocycles. The van der Waals surface area contributed by atoms with Crippen LogP contribution in [-0.2, 0) is 4.74 Å². The van der Waals surface area contributed by atoms with Gasteiger partial charge in [0.15, 0.2) is 0 Å². The molecule has 0 bridgehead atoms. The van der Waals surface area contributed by atoms with E-state index >= 15 is 0 Å². The van der Waals surface area contributed by atoms with Crippen LogP contribution in [0.5, 0.6) is 0 Å². The van der Waals surface area contributed by atoms with Gasteiger partial charge in [-0.2, -0.15) is 0 Å². The Morgan fingerprint density at radius 3 is 1.95 bits per heavy atom. The zero-order valence-corrected chi connectivity index (χ0v) is 15.9. The first-order chi connectivity index (χ1) is 8.50. The Morgan fingerprint density at radius 2 is 1.63 bits per heavy atom. The number of hydrogen-bond acceptors (Lipinski definition) is 3. The van der Waals surface area contributed by atoms with Gasteiger partial charge in [0.2, 0.25) is 0 Å². The summed E-state index contributed by atoms with van der Waals surface area (Å²) in [5.74, 6) is 0. The standard InChI is InChI=1S/C14H34O3Si2/c1-8-10-17-14(13(16)12-15,19(5,6)7)9-11-18(2,3)4/h13,15-16H,8-12H2,1-7H3. The van der Waals surface area contributed by atoms with E-state index in [4.69, 9.17) is 4.74 Å². The molecule has 19 heavy (non-hydrogen) atoms. The third-order valence-electron chi connectivity index (χ3n) is 3.79. The second-order valence-electron chi connectivity index (χ2n) is 7.75. The second-order valence-corrected chi connectivity index (χ2v) is 18.7. The maximum atomic E-state index is 10.4. The summed E-state index contributed by atoms with van der Waals surface area (Å²) >= 11 is 0. The highest BCUT2D eigenvalue weighted by molar-refractivity contribution is 6.80. The average molecular weight is 307 g/mol. The molecular formula is C14H34O3Si2.